The molecule has 116 valence electrons. The molecule has 1 saturated heterocycles. The van der Waals surface area contributed by atoms with E-state index < -0.39 is 9.84 Å². The maximum atomic E-state index is 11.4. The molecule has 1 heterocycles. The third kappa shape index (κ3) is 4.34. The van der Waals surface area contributed by atoms with Crippen molar-refractivity contribution in [2.24, 2.45) is 10.4 Å². The average molecular weight is 303 g/mol. The Hall–Kier alpha value is -0.820. The van der Waals surface area contributed by atoms with Crippen LogP contribution in [0, 0.1) is 5.41 Å². The van der Waals surface area contributed by atoms with Gasteiger partial charge in [0.05, 0.1) is 11.9 Å². The number of aliphatic imine (C=N–C) groups is 1. The first-order valence-corrected chi connectivity index (χ1v) is 9.29. The number of nitrogens with zero attached hydrogens (tertiary/aromatic N) is 2. The lowest BCUT2D eigenvalue weighted by Crippen LogP contribution is -2.41. The normalized spacial score (nSPS) is 25.9. The van der Waals surface area contributed by atoms with E-state index in [9.17, 15) is 13.5 Å². The van der Waals surface area contributed by atoms with Gasteiger partial charge in [-0.3, -0.25) is 4.99 Å². The van der Waals surface area contributed by atoms with Crippen molar-refractivity contribution in [2.45, 2.75) is 32.3 Å². The summed E-state index contributed by atoms with van der Waals surface area (Å²) in [7, 11) is -2.95. The summed E-state index contributed by atoms with van der Waals surface area (Å²) < 4.78 is 22.9. The highest BCUT2D eigenvalue weighted by molar-refractivity contribution is 7.90. The summed E-state index contributed by atoms with van der Waals surface area (Å²) in [6, 6.07) is 0. The number of hydrogen-bond acceptors (Lipinski definition) is 4. The van der Waals surface area contributed by atoms with Crippen molar-refractivity contribution >= 4 is 15.8 Å². The maximum Gasteiger partial charge on any atom is 0.194 e. The molecule has 6 nitrogen and oxygen atoms in total. The summed E-state index contributed by atoms with van der Waals surface area (Å²) in [5, 5.41) is 12.8. The van der Waals surface area contributed by atoms with Gasteiger partial charge in [-0.2, -0.15) is 0 Å². The fraction of sp³-hybridized carbons (Fsp3) is 0.923. The molecule has 1 aliphatic heterocycles. The number of guanidine groups is 1. The highest BCUT2D eigenvalue weighted by atomic mass is 32.2. The van der Waals surface area contributed by atoms with Gasteiger partial charge in [-0.25, -0.2) is 8.42 Å². The van der Waals surface area contributed by atoms with Crippen LogP contribution >= 0.6 is 0 Å². The van der Waals surface area contributed by atoms with Gasteiger partial charge < -0.3 is 15.3 Å². The standard InChI is InChI=1S/C13H25N3O3S/c1-3-14-12(16-7-4-11(17)8-16)15-9-13(5-6-13)10-20(2,18)19/h11,17H,3-10H2,1-2H3,(H,14,15)/t11-/m1/s1. The van der Waals surface area contributed by atoms with Crippen molar-refractivity contribution in [3.63, 3.8) is 0 Å². The second-order valence-electron chi connectivity index (χ2n) is 6.13. The number of likely N-dealkylation sites (tertiary alicyclic amines) is 1. The van der Waals surface area contributed by atoms with Crippen LogP contribution < -0.4 is 5.32 Å². The molecule has 0 unspecified atom stereocenters. The lowest BCUT2D eigenvalue weighted by Gasteiger charge is -2.22. The Labute approximate surface area is 121 Å². The molecular weight excluding hydrogens is 278 g/mol. The van der Waals surface area contributed by atoms with E-state index in [1.807, 2.05) is 11.8 Å². The Balaban J connectivity index is 1.99. The predicted molar refractivity (Wildman–Crippen MR) is 79.6 cm³/mol. The van der Waals surface area contributed by atoms with Crippen LogP contribution in [-0.2, 0) is 9.84 Å². The second-order valence-corrected chi connectivity index (χ2v) is 8.27. The third-order valence-corrected chi connectivity index (χ3v) is 5.02. The van der Waals surface area contributed by atoms with Gasteiger partial charge in [-0.15, -0.1) is 0 Å². The Morgan fingerprint density at radius 1 is 1.50 bits per heavy atom. The van der Waals surface area contributed by atoms with E-state index in [1.54, 1.807) is 0 Å². The van der Waals surface area contributed by atoms with Crippen LogP contribution in [0.15, 0.2) is 4.99 Å². The highest BCUT2D eigenvalue weighted by Gasteiger charge is 2.45. The average Bonchev–Trinajstić information content (AvgIpc) is 2.93. The molecule has 0 aromatic carbocycles. The fourth-order valence-corrected chi connectivity index (χ4v) is 4.18. The van der Waals surface area contributed by atoms with Crippen molar-refractivity contribution < 1.29 is 13.5 Å². The van der Waals surface area contributed by atoms with E-state index in [4.69, 9.17) is 0 Å². The Morgan fingerprint density at radius 2 is 2.20 bits per heavy atom. The molecule has 7 heteroatoms. The molecule has 0 spiro atoms. The van der Waals surface area contributed by atoms with Crippen LogP contribution in [0.1, 0.15) is 26.2 Å². The van der Waals surface area contributed by atoms with E-state index in [1.165, 1.54) is 6.26 Å². The van der Waals surface area contributed by atoms with Crippen LogP contribution in [0.25, 0.3) is 0 Å². The predicted octanol–water partition coefficient (Wildman–Crippen LogP) is -0.157. The molecule has 0 aromatic heterocycles. The number of aliphatic hydroxyl groups excluding tert-OH is 1. The van der Waals surface area contributed by atoms with Crippen molar-refractivity contribution in [3.05, 3.63) is 0 Å². The molecule has 20 heavy (non-hydrogen) atoms. The zero-order valence-corrected chi connectivity index (χ0v) is 13.1. The third-order valence-electron chi connectivity index (χ3n) is 3.89. The van der Waals surface area contributed by atoms with E-state index in [0.717, 1.165) is 38.3 Å². The van der Waals surface area contributed by atoms with Crippen LogP contribution in [0.2, 0.25) is 0 Å². The topological polar surface area (TPSA) is 82.0 Å². The van der Waals surface area contributed by atoms with E-state index >= 15 is 0 Å². The minimum atomic E-state index is -2.95. The molecule has 2 fully saturated rings. The summed E-state index contributed by atoms with van der Waals surface area (Å²) in [6.07, 6.45) is 3.64. The molecule has 2 rings (SSSR count). The molecule has 0 bridgehead atoms. The second kappa shape index (κ2) is 5.89. The lowest BCUT2D eigenvalue weighted by molar-refractivity contribution is 0.187. The summed E-state index contributed by atoms with van der Waals surface area (Å²) in [5.74, 6) is 1.02. The molecule has 0 radical (unpaired) electrons. The molecule has 0 aromatic rings. The molecule has 1 saturated carbocycles. The molecule has 0 amide bonds. The first-order chi connectivity index (χ1) is 9.34. The van der Waals surface area contributed by atoms with Crippen molar-refractivity contribution in [1.82, 2.24) is 10.2 Å². The first-order valence-electron chi connectivity index (χ1n) is 7.23. The summed E-state index contributed by atoms with van der Waals surface area (Å²) >= 11 is 0. The largest absolute Gasteiger partial charge is 0.391 e. The van der Waals surface area contributed by atoms with Crippen LogP contribution in [0.3, 0.4) is 0 Å². The van der Waals surface area contributed by atoms with Gasteiger partial charge in [0.2, 0.25) is 0 Å². The zero-order valence-electron chi connectivity index (χ0n) is 12.3. The quantitative estimate of drug-likeness (QED) is 0.545. The summed E-state index contributed by atoms with van der Waals surface area (Å²) in [5.41, 5.74) is -0.146. The SMILES string of the molecule is CCNC(=NCC1(CS(C)(=O)=O)CC1)N1CC[C@@H](O)C1. The van der Waals surface area contributed by atoms with Gasteiger partial charge in [0.15, 0.2) is 5.96 Å². The minimum Gasteiger partial charge on any atom is -0.391 e. The molecule has 2 N–H and O–H groups in total. The Kier molecular flexibility index (Phi) is 4.59. The monoisotopic (exact) mass is 303 g/mol. The maximum absolute atomic E-state index is 11.4. The molecule has 1 aliphatic carbocycles. The Morgan fingerprint density at radius 3 is 2.65 bits per heavy atom. The zero-order chi connectivity index (χ0) is 14.8. The smallest absolute Gasteiger partial charge is 0.194 e. The van der Waals surface area contributed by atoms with Gasteiger partial charge in [0.1, 0.15) is 9.84 Å². The van der Waals surface area contributed by atoms with Crippen LogP contribution in [0.5, 0.6) is 0 Å². The highest BCUT2D eigenvalue weighted by Crippen LogP contribution is 2.46. The molecule has 1 atom stereocenters. The first kappa shape index (κ1) is 15.6. The fourth-order valence-electron chi connectivity index (χ4n) is 2.68. The van der Waals surface area contributed by atoms with E-state index in [2.05, 4.69) is 10.3 Å². The Bertz CT molecular complexity index is 471. The van der Waals surface area contributed by atoms with Crippen LogP contribution in [-0.4, -0.2) is 68.7 Å². The van der Waals surface area contributed by atoms with Crippen molar-refractivity contribution in [3.8, 4) is 0 Å². The summed E-state index contributed by atoms with van der Waals surface area (Å²) in [4.78, 5) is 6.65. The summed E-state index contributed by atoms with van der Waals surface area (Å²) in [6.45, 7) is 4.72. The number of rotatable bonds is 5. The number of hydrogen-bond donors (Lipinski definition) is 2. The van der Waals surface area contributed by atoms with Crippen molar-refractivity contribution in [2.75, 3.05) is 38.2 Å². The number of nitrogens with one attached hydrogen (secondary N) is 1. The number of aliphatic hydroxyl groups is 1. The molecular formula is C13H25N3O3S. The van der Waals surface area contributed by atoms with E-state index in [-0.39, 0.29) is 17.3 Å². The number of sulfone groups is 1. The van der Waals surface area contributed by atoms with Crippen molar-refractivity contribution in [1.29, 1.82) is 0 Å². The van der Waals surface area contributed by atoms with Gasteiger partial charge >= 0.3 is 0 Å². The minimum absolute atomic E-state index is 0.146. The van der Waals surface area contributed by atoms with Crippen LogP contribution in [0.4, 0.5) is 0 Å². The molecule has 2 aliphatic rings. The van der Waals surface area contributed by atoms with Gasteiger partial charge in [-0.1, -0.05) is 0 Å². The van der Waals surface area contributed by atoms with Gasteiger partial charge in [0, 0.05) is 37.8 Å². The number of β-amino-alcohol motifs (C(OH)–C–C–N with tert-alkyl or cyclic N) is 1. The van der Waals surface area contributed by atoms with Gasteiger partial charge in [-0.05, 0) is 26.2 Å². The van der Waals surface area contributed by atoms with E-state index in [0.29, 0.717) is 13.1 Å². The van der Waals surface area contributed by atoms with Gasteiger partial charge in [0.25, 0.3) is 0 Å². The lowest BCUT2D eigenvalue weighted by atomic mass is 10.1.